The number of ether oxygens (including phenoxy) is 1. The predicted molar refractivity (Wildman–Crippen MR) is 58.1 cm³/mol. The van der Waals surface area contributed by atoms with Crippen molar-refractivity contribution in [3.05, 3.63) is 28.8 Å². The van der Waals surface area contributed by atoms with Crippen molar-refractivity contribution in [2.75, 3.05) is 13.0 Å². The van der Waals surface area contributed by atoms with Crippen LogP contribution in [0.5, 0.6) is 5.75 Å². The molecule has 1 rings (SSSR count). The normalized spacial score (nSPS) is 9.31. The van der Waals surface area contributed by atoms with E-state index in [1.54, 1.807) is 0 Å². The van der Waals surface area contributed by atoms with E-state index in [2.05, 4.69) is 0 Å². The van der Waals surface area contributed by atoms with Gasteiger partial charge in [0.2, 0.25) is 0 Å². The number of benzene rings is 1. The van der Waals surface area contributed by atoms with Crippen LogP contribution in [-0.4, -0.2) is 25.1 Å². The molecule has 0 atom stereocenters. The summed E-state index contributed by atoms with van der Waals surface area (Å²) in [4.78, 5) is 22.3. The number of nitrogens with zero attached hydrogens (tertiary/aromatic N) is 1. The summed E-state index contributed by atoms with van der Waals surface area (Å²) in [5, 5.41) is 8.83. The molecule has 0 aliphatic heterocycles. The quantitative estimate of drug-likeness (QED) is 0.455. The van der Waals surface area contributed by atoms with Gasteiger partial charge in [-0.25, -0.2) is 0 Å². The summed E-state index contributed by atoms with van der Waals surface area (Å²) in [5.74, 6) is -0.623. The Morgan fingerprint density at radius 3 is 2.75 bits per heavy atom. The molecule has 0 unspecified atom stereocenters. The van der Waals surface area contributed by atoms with E-state index in [0.29, 0.717) is 6.29 Å². The van der Waals surface area contributed by atoms with E-state index >= 15 is 0 Å². The highest BCUT2D eigenvalue weighted by molar-refractivity contribution is 6.31. The Bertz CT molecular complexity index is 477. The summed E-state index contributed by atoms with van der Waals surface area (Å²) >= 11 is 5.44. The largest absolute Gasteiger partial charge is 0.495 e. The van der Waals surface area contributed by atoms with Crippen LogP contribution >= 0.6 is 11.6 Å². The first-order chi connectivity index (χ1) is 7.69. The van der Waals surface area contributed by atoms with E-state index in [1.165, 1.54) is 19.2 Å². The Balaban J connectivity index is 3.56. The second kappa shape index (κ2) is 5.29. The number of rotatable bonds is 4. The van der Waals surface area contributed by atoms with E-state index in [1.807, 2.05) is 6.07 Å². The second-order valence-electron chi connectivity index (χ2n) is 2.90. The van der Waals surface area contributed by atoms with Crippen molar-refractivity contribution in [2.24, 2.45) is 0 Å². The zero-order valence-electron chi connectivity index (χ0n) is 8.49. The molecule has 0 spiro atoms. The Morgan fingerprint density at radius 2 is 2.31 bits per heavy atom. The summed E-state index contributed by atoms with van der Waals surface area (Å²) in [6, 6.07) is 4.70. The van der Waals surface area contributed by atoms with Crippen LogP contribution in [0.3, 0.4) is 0 Å². The first-order valence-electron chi connectivity index (χ1n) is 4.35. The van der Waals surface area contributed by atoms with Crippen LogP contribution in [0.4, 0.5) is 0 Å². The lowest BCUT2D eigenvalue weighted by molar-refractivity contribution is 0.101. The van der Waals surface area contributed by atoms with Crippen LogP contribution < -0.4 is 4.74 Å². The molecule has 0 saturated carbocycles. The number of methoxy groups -OCH3 is 1. The Hall–Kier alpha value is -1.86. The van der Waals surface area contributed by atoms with Crippen molar-refractivity contribution in [1.29, 1.82) is 5.26 Å². The van der Waals surface area contributed by atoms with E-state index < -0.39 is 5.78 Å². The number of hydrogen-bond acceptors (Lipinski definition) is 4. The minimum Gasteiger partial charge on any atom is -0.495 e. The summed E-state index contributed by atoms with van der Waals surface area (Å²) in [6.07, 6.45) is 0.531. The lowest BCUT2D eigenvalue weighted by Crippen LogP contribution is -2.08. The molecule has 0 saturated heterocycles. The van der Waals surface area contributed by atoms with Crippen molar-refractivity contribution in [1.82, 2.24) is 0 Å². The van der Waals surface area contributed by atoms with Crippen LogP contribution in [0, 0.1) is 11.3 Å². The fourth-order valence-electron chi connectivity index (χ4n) is 1.35. The summed E-state index contributed by atoms with van der Waals surface area (Å²) < 4.78 is 4.97. The number of aldehydes is 1. The SMILES string of the molecule is COc1c(C#N)ccc(C=O)c1C(=O)CCl. The summed E-state index contributed by atoms with van der Waals surface area (Å²) in [5.41, 5.74) is 0.426. The molecule has 0 aliphatic rings. The van der Waals surface area contributed by atoms with Gasteiger partial charge < -0.3 is 4.74 Å². The number of Topliss-reactive ketones (excluding diaryl/α,β-unsaturated/α-hetero) is 1. The second-order valence-corrected chi connectivity index (χ2v) is 3.16. The molecule has 0 N–H and O–H groups in total. The fourth-order valence-corrected chi connectivity index (χ4v) is 1.48. The van der Waals surface area contributed by atoms with Crippen LogP contribution in [-0.2, 0) is 0 Å². The molecule has 0 bridgehead atoms. The van der Waals surface area contributed by atoms with Gasteiger partial charge in [0.05, 0.1) is 24.1 Å². The van der Waals surface area contributed by atoms with Crippen molar-refractivity contribution in [2.45, 2.75) is 0 Å². The van der Waals surface area contributed by atoms with Crippen molar-refractivity contribution < 1.29 is 14.3 Å². The van der Waals surface area contributed by atoms with Gasteiger partial charge >= 0.3 is 0 Å². The number of halogens is 1. The molecule has 16 heavy (non-hydrogen) atoms. The number of ketones is 1. The van der Waals surface area contributed by atoms with Crippen LogP contribution in [0.25, 0.3) is 0 Å². The highest BCUT2D eigenvalue weighted by Gasteiger charge is 2.19. The Kier molecular flexibility index (Phi) is 4.03. The van der Waals surface area contributed by atoms with E-state index in [0.717, 1.165) is 0 Å². The predicted octanol–water partition coefficient (Wildman–Crippen LogP) is 1.80. The highest BCUT2D eigenvalue weighted by Crippen LogP contribution is 2.26. The number of carbonyl (C=O) groups is 2. The molecule has 1 aromatic carbocycles. The third kappa shape index (κ3) is 2.05. The monoisotopic (exact) mass is 237 g/mol. The van der Waals surface area contributed by atoms with Gasteiger partial charge in [-0.2, -0.15) is 5.26 Å². The molecule has 82 valence electrons. The Morgan fingerprint density at radius 1 is 1.62 bits per heavy atom. The molecule has 0 fully saturated rings. The molecule has 1 aromatic rings. The lowest BCUT2D eigenvalue weighted by atomic mass is 10.0. The van der Waals surface area contributed by atoms with Gasteiger partial charge in [-0.1, -0.05) is 0 Å². The van der Waals surface area contributed by atoms with Gasteiger partial charge in [0.1, 0.15) is 11.8 Å². The molecular weight excluding hydrogens is 230 g/mol. The smallest absolute Gasteiger partial charge is 0.182 e. The average molecular weight is 238 g/mol. The van der Waals surface area contributed by atoms with Gasteiger partial charge in [-0.15, -0.1) is 11.6 Å². The third-order valence-corrected chi connectivity index (χ3v) is 2.28. The van der Waals surface area contributed by atoms with E-state index in [4.69, 9.17) is 21.6 Å². The molecule has 0 radical (unpaired) electrons. The Labute approximate surface area is 97.4 Å². The zero-order valence-corrected chi connectivity index (χ0v) is 9.25. The third-order valence-electron chi connectivity index (χ3n) is 2.04. The van der Waals surface area contributed by atoms with Crippen molar-refractivity contribution in [3.8, 4) is 11.8 Å². The van der Waals surface area contributed by atoms with Crippen LogP contribution in [0.1, 0.15) is 26.3 Å². The first-order valence-corrected chi connectivity index (χ1v) is 4.88. The molecule has 4 nitrogen and oxygen atoms in total. The fraction of sp³-hybridized carbons (Fsp3) is 0.182. The summed E-state index contributed by atoms with van der Waals surface area (Å²) in [7, 11) is 1.33. The van der Waals surface area contributed by atoms with Crippen molar-refractivity contribution >= 4 is 23.7 Å². The first kappa shape index (κ1) is 12.2. The molecule has 0 heterocycles. The van der Waals surface area contributed by atoms with Crippen LogP contribution in [0.15, 0.2) is 12.1 Å². The molecule has 0 aromatic heterocycles. The van der Waals surface area contributed by atoms with Gasteiger partial charge in [-0.3, -0.25) is 9.59 Å². The van der Waals surface area contributed by atoms with Crippen molar-refractivity contribution in [3.63, 3.8) is 0 Å². The maximum absolute atomic E-state index is 11.6. The number of alkyl halides is 1. The number of nitriles is 1. The topological polar surface area (TPSA) is 67.2 Å². The minimum absolute atomic E-state index is 0.0616. The highest BCUT2D eigenvalue weighted by atomic mass is 35.5. The molecule has 5 heteroatoms. The molecule has 0 amide bonds. The number of carbonyl (C=O) groups excluding carboxylic acids is 2. The zero-order chi connectivity index (χ0) is 12.1. The maximum Gasteiger partial charge on any atom is 0.182 e. The standard InChI is InChI=1S/C11H8ClNO3/c1-16-11-7(5-13)2-3-8(6-14)10(11)9(15)4-12/h2-3,6H,4H2,1H3. The van der Waals surface area contributed by atoms with E-state index in [-0.39, 0.29) is 28.3 Å². The number of hydrogen-bond donors (Lipinski definition) is 0. The maximum atomic E-state index is 11.6. The minimum atomic E-state index is -0.447. The van der Waals surface area contributed by atoms with E-state index in [9.17, 15) is 9.59 Å². The van der Waals surface area contributed by atoms with Gasteiger partial charge in [0, 0.05) is 5.56 Å². The molecule has 0 aliphatic carbocycles. The van der Waals surface area contributed by atoms with Gasteiger partial charge in [0.15, 0.2) is 12.1 Å². The van der Waals surface area contributed by atoms with Gasteiger partial charge in [0.25, 0.3) is 0 Å². The lowest BCUT2D eigenvalue weighted by Gasteiger charge is -2.10. The van der Waals surface area contributed by atoms with Crippen LogP contribution in [0.2, 0.25) is 0 Å². The summed E-state index contributed by atoms with van der Waals surface area (Å²) in [6.45, 7) is 0. The molecular formula is C11H8ClNO3. The average Bonchev–Trinajstić information content (AvgIpc) is 2.35. The van der Waals surface area contributed by atoms with Gasteiger partial charge in [-0.05, 0) is 12.1 Å².